The molecule has 11 heteroatoms. The zero-order valence-corrected chi connectivity index (χ0v) is 19.3. The smallest absolute Gasteiger partial charge is 0.252 e. The van der Waals surface area contributed by atoms with Crippen LogP contribution in [0.1, 0.15) is 5.56 Å². The molecule has 2 aliphatic rings. The number of para-hydroxylation sites is 1. The lowest BCUT2D eigenvalue weighted by molar-refractivity contribution is -0.129. The summed E-state index contributed by atoms with van der Waals surface area (Å²) in [7, 11) is -3.55. The van der Waals surface area contributed by atoms with Gasteiger partial charge in [-0.15, -0.1) is 11.3 Å². The maximum absolute atomic E-state index is 12.7. The number of benzene rings is 1. The van der Waals surface area contributed by atoms with E-state index >= 15 is 0 Å². The van der Waals surface area contributed by atoms with Crippen molar-refractivity contribution in [2.75, 3.05) is 31.9 Å². The number of hydrogen-bond acceptors (Lipinski definition) is 7. The monoisotopic (exact) mass is 487 g/mol. The quantitative estimate of drug-likeness (QED) is 0.654. The molecule has 3 heterocycles. The minimum atomic E-state index is -3.55. The fraction of sp³-hybridized carbons (Fsp3) is 0.333. The van der Waals surface area contributed by atoms with E-state index < -0.39 is 10.0 Å². The largest absolute Gasteiger partial charge is 0.339 e. The van der Waals surface area contributed by atoms with Gasteiger partial charge in [-0.3, -0.25) is 4.79 Å². The fourth-order valence-electron chi connectivity index (χ4n) is 3.04. The van der Waals surface area contributed by atoms with Gasteiger partial charge >= 0.3 is 0 Å². The summed E-state index contributed by atoms with van der Waals surface area (Å²) in [6, 6.07) is 11.1. The summed E-state index contributed by atoms with van der Waals surface area (Å²) in [5.74, 6) is 1.18. The van der Waals surface area contributed by atoms with Crippen molar-refractivity contribution in [3.8, 4) is 0 Å². The maximum atomic E-state index is 12.7. The molecule has 0 atom stereocenters. The number of piperazine rings is 1. The number of hydrogen-bond donors (Lipinski definition) is 0. The standard InChI is InChI=1S/C18H18ClN3O3S4/c19-15-5-6-17(28-15)29(24,25)22-9-7-21(8-10-22)16(23)12-27-18-20-14-4-2-1-3-13(14)11-26-18/h1-6H,7-12H2. The van der Waals surface area contributed by atoms with Gasteiger partial charge in [0, 0.05) is 31.9 Å². The molecule has 4 rings (SSSR count). The average molecular weight is 488 g/mol. The van der Waals surface area contributed by atoms with Crippen LogP contribution in [0.4, 0.5) is 5.69 Å². The Morgan fingerprint density at radius 1 is 1.14 bits per heavy atom. The minimum Gasteiger partial charge on any atom is -0.339 e. The maximum Gasteiger partial charge on any atom is 0.252 e. The number of halogens is 1. The predicted octanol–water partition coefficient (Wildman–Crippen LogP) is 3.90. The summed E-state index contributed by atoms with van der Waals surface area (Å²) in [6.45, 7) is 1.36. The molecule has 0 saturated carbocycles. The van der Waals surface area contributed by atoms with Crippen molar-refractivity contribution in [3.05, 3.63) is 46.3 Å². The predicted molar refractivity (Wildman–Crippen MR) is 122 cm³/mol. The molecule has 0 radical (unpaired) electrons. The van der Waals surface area contributed by atoms with Crippen molar-refractivity contribution in [2.24, 2.45) is 4.99 Å². The lowest BCUT2D eigenvalue weighted by Gasteiger charge is -2.33. The van der Waals surface area contributed by atoms with Crippen molar-refractivity contribution in [2.45, 2.75) is 9.96 Å². The van der Waals surface area contributed by atoms with Gasteiger partial charge in [-0.05, 0) is 23.8 Å². The van der Waals surface area contributed by atoms with Gasteiger partial charge in [0.1, 0.15) is 8.58 Å². The van der Waals surface area contributed by atoms with Crippen LogP contribution in [0.2, 0.25) is 4.34 Å². The second-order valence-corrected chi connectivity index (χ2v) is 12.5. The van der Waals surface area contributed by atoms with Gasteiger partial charge in [0.2, 0.25) is 5.91 Å². The van der Waals surface area contributed by atoms with E-state index in [0.717, 1.165) is 27.2 Å². The number of amides is 1. The zero-order valence-electron chi connectivity index (χ0n) is 15.3. The van der Waals surface area contributed by atoms with Crippen molar-refractivity contribution in [1.82, 2.24) is 9.21 Å². The topological polar surface area (TPSA) is 70.1 Å². The molecule has 1 aromatic heterocycles. The van der Waals surface area contributed by atoms with Crippen LogP contribution in [0.3, 0.4) is 0 Å². The van der Waals surface area contributed by atoms with Crippen LogP contribution in [-0.2, 0) is 20.6 Å². The van der Waals surface area contributed by atoms with Gasteiger partial charge in [0.25, 0.3) is 10.0 Å². The molecular weight excluding hydrogens is 470 g/mol. The van der Waals surface area contributed by atoms with E-state index in [9.17, 15) is 13.2 Å². The molecule has 0 aliphatic carbocycles. The molecule has 1 fully saturated rings. The van der Waals surface area contributed by atoms with Crippen LogP contribution in [-0.4, -0.2) is 59.8 Å². The van der Waals surface area contributed by atoms with Gasteiger partial charge in [0.15, 0.2) is 0 Å². The molecule has 2 aliphatic heterocycles. The molecule has 0 bridgehead atoms. The van der Waals surface area contributed by atoms with Crippen molar-refractivity contribution in [1.29, 1.82) is 0 Å². The first kappa shape index (κ1) is 21.2. The number of carbonyl (C=O) groups is 1. The number of aliphatic imine (C=N–C) groups is 1. The molecule has 0 N–H and O–H groups in total. The molecule has 1 amide bonds. The first-order valence-electron chi connectivity index (χ1n) is 8.89. The molecule has 1 aromatic carbocycles. The Kier molecular flexibility index (Phi) is 6.57. The number of thiophene rings is 1. The molecule has 6 nitrogen and oxygen atoms in total. The number of fused-ring (bicyclic) bond motifs is 1. The summed E-state index contributed by atoms with van der Waals surface area (Å²) in [5.41, 5.74) is 2.17. The van der Waals surface area contributed by atoms with Gasteiger partial charge < -0.3 is 4.90 Å². The van der Waals surface area contributed by atoms with E-state index in [-0.39, 0.29) is 23.2 Å². The Morgan fingerprint density at radius 3 is 2.62 bits per heavy atom. The minimum absolute atomic E-state index is 0.00775. The van der Waals surface area contributed by atoms with E-state index in [4.69, 9.17) is 11.6 Å². The normalized spacial score (nSPS) is 17.7. The first-order valence-corrected chi connectivity index (χ1v) is 13.5. The lowest BCUT2D eigenvalue weighted by Crippen LogP contribution is -2.50. The SMILES string of the molecule is O=C(CSC1=Nc2ccccc2CS1)N1CCN(S(=O)(=O)c2ccc(Cl)s2)CC1. The number of thioether (sulfide) groups is 2. The third-order valence-corrected chi connectivity index (χ3v) is 10.4. The summed E-state index contributed by atoms with van der Waals surface area (Å²) < 4.78 is 28.3. The number of sulfonamides is 1. The second kappa shape index (κ2) is 8.99. The highest BCUT2D eigenvalue weighted by Crippen LogP contribution is 2.34. The first-order chi connectivity index (χ1) is 13.9. The van der Waals surface area contributed by atoms with Crippen LogP contribution in [0.5, 0.6) is 0 Å². The third-order valence-electron chi connectivity index (χ3n) is 4.61. The van der Waals surface area contributed by atoms with Crippen LogP contribution < -0.4 is 0 Å². The Balaban J connectivity index is 1.30. The summed E-state index contributed by atoms with van der Waals surface area (Å²) in [5, 5.41) is 0. The highest BCUT2D eigenvalue weighted by molar-refractivity contribution is 8.38. The third kappa shape index (κ3) is 4.83. The van der Waals surface area contributed by atoms with Crippen LogP contribution >= 0.6 is 46.5 Å². The Bertz CT molecular complexity index is 1050. The van der Waals surface area contributed by atoms with E-state index in [1.807, 2.05) is 18.2 Å². The molecule has 2 aromatic rings. The lowest BCUT2D eigenvalue weighted by atomic mass is 10.2. The Morgan fingerprint density at radius 2 is 1.90 bits per heavy atom. The summed E-state index contributed by atoms with van der Waals surface area (Å²) in [6.07, 6.45) is 0. The fourth-order valence-corrected chi connectivity index (χ4v) is 8.07. The van der Waals surface area contributed by atoms with E-state index in [0.29, 0.717) is 23.2 Å². The zero-order chi connectivity index (χ0) is 20.4. The number of nitrogens with zero attached hydrogens (tertiary/aromatic N) is 3. The van der Waals surface area contributed by atoms with Gasteiger partial charge in [-0.1, -0.05) is 53.3 Å². The second-order valence-electron chi connectivity index (χ2n) is 6.43. The van der Waals surface area contributed by atoms with Gasteiger partial charge in [-0.25, -0.2) is 13.4 Å². The van der Waals surface area contributed by atoms with E-state index in [1.54, 1.807) is 22.7 Å². The highest BCUT2D eigenvalue weighted by Gasteiger charge is 2.31. The molecule has 154 valence electrons. The Labute approximate surface area is 187 Å². The highest BCUT2D eigenvalue weighted by atomic mass is 35.5. The summed E-state index contributed by atoms with van der Waals surface area (Å²) >= 11 is 10.0. The van der Waals surface area contributed by atoms with Gasteiger partial charge in [-0.2, -0.15) is 4.31 Å². The Hall–Kier alpha value is -1.04. The van der Waals surface area contributed by atoms with E-state index in [1.165, 1.54) is 27.7 Å². The average Bonchev–Trinajstić information content (AvgIpc) is 3.19. The van der Waals surface area contributed by atoms with Crippen molar-refractivity contribution < 1.29 is 13.2 Å². The molecular formula is C18H18ClN3O3S4. The molecule has 1 saturated heterocycles. The molecule has 29 heavy (non-hydrogen) atoms. The van der Waals surface area contributed by atoms with Crippen LogP contribution in [0.15, 0.2) is 45.6 Å². The number of carbonyl (C=O) groups excluding carboxylic acids is 1. The number of rotatable bonds is 4. The van der Waals surface area contributed by atoms with Crippen molar-refractivity contribution in [3.63, 3.8) is 0 Å². The van der Waals surface area contributed by atoms with Crippen LogP contribution in [0.25, 0.3) is 0 Å². The van der Waals surface area contributed by atoms with Crippen LogP contribution in [0, 0.1) is 0 Å². The van der Waals surface area contributed by atoms with Gasteiger partial charge in [0.05, 0.1) is 15.8 Å². The molecule has 0 unspecified atom stereocenters. The van der Waals surface area contributed by atoms with Crippen molar-refractivity contribution >= 4 is 72.5 Å². The summed E-state index contributed by atoms with van der Waals surface area (Å²) in [4.78, 5) is 18.9. The molecule has 0 spiro atoms. The van der Waals surface area contributed by atoms with E-state index in [2.05, 4.69) is 11.1 Å².